The standard InChI is InChI=1S/C12H18N2O5S2.ClH/c1-20(15,16)11-2-4-12(5-3-11)21(17,18)14-6-7-19-10(8-13)9-14;/h2-5,10H,6-9,13H2,1H3;1H. The highest BCUT2D eigenvalue weighted by Crippen LogP contribution is 2.20. The number of ether oxygens (including phenoxy) is 1. The van der Waals surface area contributed by atoms with Gasteiger partial charge < -0.3 is 10.5 Å². The lowest BCUT2D eigenvalue weighted by molar-refractivity contribution is 0.00450. The van der Waals surface area contributed by atoms with Crippen LogP contribution in [0.4, 0.5) is 0 Å². The van der Waals surface area contributed by atoms with Crippen molar-refractivity contribution in [1.29, 1.82) is 0 Å². The summed E-state index contributed by atoms with van der Waals surface area (Å²) in [5, 5.41) is 0. The fourth-order valence-electron chi connectivity index (χ4n) is 2.06. The molecule has 0 aliphatic carbocycles. The molecule has 0 radical (unpaired) electrons. The summed E-state index contributed by atoms with van der Waals surface area (Å²) in [6, 6.07) is 5.20. The quantitative estimate of drug-likeness (QED) is 0.790. The average Bonchev–Trinajstić information content (AvgIpc) is 2.46. The van der Waals surface area contributed by atoms with Crippen molar-refractivity contribution in [2.24, 2.45) is 5.73 Å². The van der Waals surface area contributed by atoms with Crippen LogP contribution in [0.2, 0.25) is 0 Å². The Morgan fingerprint density at radius 3 is 2.23 bits per heavy atom. The van der Waals surface area contributed by atoms with E-state index in [9.17, 15) is 16.8 Å². The Morgan fingerprint density at radius 2 is 1.73 bits per heavy atom. The summed E-state index contributed by atoms with van der Waals surface area (Å²) in [5.41, 5.74) is 5.50. The molecule has 1 atom stereocenters. The Bertz CT molecular complexity index is 704. The molecule has 126 valence electrons. The molecule has 7 nitrogen and oxygen atoms in total. The van der Waals surface area contributed by atoms with Crippen LogP contribution in [0.15, 0.2) is 34.1 Å². The van der Waals surface area contributed by atoms with E-state index in [0.717, 1.165) is 6.26 Å². The number of rotatable bonds is 4. The summed E-state index contributed by atoms with van der Waals surface area (Å²) in [4.78, 5) is 0.149. The molecular formula is C12H19ClN2O5S2. The van der Waals surface area contributed by atoms with Gasteiger partial charge in [-0.25, -0.2) is 16.8 Å². The molecule has 2 rings (SSSR count). The first-order valence-corrected chi connectivity index (χ1v) is 9.70. The Morgan fingerprint density at radius 1 is 1.18 bits per heavy atom. The van der Waals surface area contributed by atoms with E-state index in [1.165, 1.54) is 28.6 Å². The average molecular weight is 371 g/mol. The van der Waals surface area contributed by atoms with Crippen LogP contribution in [0.25, 0.3) is 0 Å². The number of halogens is 1. The van der Waals surface area contributed by atoms with Crippen LogP contribution in [0.5, 0.6) is 0 Å². The van der Waals surface area contributed by atoms with Gasteiger partial charge in [-0.15, -0.1) is 12.4 Å². The van der Waals surface area contributed by atoms with Gasteiger partial charge in [-0.3, -0.25) is 0 Å². The highest BCUT2D eigenvalue weighted by molar-refractivity contribution is 7.90. The minimum atomic E-state index is -3.66. The summed E-state index contributed by atoms with van der Waals surface area (Å²) in [6.07, 6.45) is 0.758. The number of sulfone groups is 1. The molecule has 10 heteroatoms. The SMILES string of the molecule is CS(=O)(=O)c1ccc(S(=O)(=O)N2CCOC(CN)C2)cc1.Cl. The molecule has 0 aromatic heterocycles. The fraction of sp³-hybridized carbons (Fsp3) is 0.500. The van der Waals surface area contributed by atoms with E-state index < -0.39 is 19.9 Å². The zero-order chi connectivity index (χ0) is 15.7. The molecule has 1 aromatic rings. The van der Waals surface area contributed by atoms with E-state index in [1.54, 1.807) is 0 Å². The van der Waals surface area contributed by atoms with Crippen LogP contribution in [0.1, 0.15) is 0 Å². The summed E-state index contributed by atoms with van der Waals surface area (Å²) in [6.45, 7) is 1.00. The zero-order valence-electron chi connectivity index (χ0n) is 12.0. The molecule has 1 fully saturated rings. The molecule has 1 aromatic carbocycles. The number of nitrogens with zero attached hydrogens (tertiary/aromatic N) is 1. The maximum absolute atomic E-state index is 12.5. The number of morpholine rings is 1. The van der Waals surface area contributed by atoms with Crippen molar-refractivity contribution in [3.05, 3.63) is 24.3 Å². The number of benzene rings is 1. The number of nitrogens with two attached hydrogens (primary N) is 1. The molecule has 1 unspecified atom stereocenters. The third-order valence-electron chi connectivity index (χ3n) is 3.25. The van der Waals surface area contributed by atoms with E-state index >= 15 is 0 Å². The van der Waals surface area contributed by atoms with Gasteiger partial charge in [0, 0.05) is 25.9 Å². The van der Waals surface area contributed by atoms with Crippen molar-refractivity contribution in [1.82, 2.24) is 4.31 Å². The van der Waals surface area contributed by atoms with Crippen LogP contribution < -0.4 is 5.73 Å². The van der Waals surface area contributed by atoms with Crippen molar-refractivity contribution in [3.63, 3.8) is 0 Å². The lowest BCUT2D eigenvalue weighted by atomic mass is 10.3. The van der Waals surface area contributed by atoms with Crippen molar-refractivity contribution >= 4 is 32.3 Å². The van der Waals surface area contributed by atoms with Crippen molar-refractivity contribution in [2.45, 2.75) is 15.9 Å². The summed E-state index contributed by atoms with van der Waals surface area (Å²) < 4.78 is 54.4. The van der Waals surface area contributed by atoms with Gasteiger partial charge in [0.2, 0.25) is 10.0 Å². The maximum Gasteiger partial charge on any atom is 0.243 e. The molecule has 2 N–H and O–H groups in total. The van der Waals surface area contributed by atoms with Gasteiger partial charge in [-0.05, 0) is 24.3 Å². The first-order valence-electron chi connectivity index (χ1n) is 6.37. The third-order valence-corrected chi connectivity index (χ3v) is 6.26. The van der Waals surface area contributed by atoms with Gasteiger partial charge in [0.25, 0.3) is 0 Å². The molecule has 0 bridgehead atoms. The van der Waals surface area contributed by atoms with E-state index in [2.05, 4.69) is 0 Å². The molecule has 1 aliphatic heterocycles. The molecule has 1 heterocycles. The summed E-state index contributed by atoms with van der Waals surface area (Å²) in [5.74, 6) is 0. The molecular weight excluding hydrogens is 352 g/mol. The zero-order valence-corrected chi connectivity index (χ0v) is 14.5. The van der Waals surface area contributed by atoms with Gasteiger partial charge in [-0.1, -0.05) is 0 Å². The third kappa shape index (κ3) is 4.18. The van der Waals surface area contributed by atoms with E-state index in [4.69, 9.17) is 10.5 Å². The second-order valence-electron chi connectivity index (χ2n) is 4.84. The molecule has 0 saturated carbocycles. The van der Waals surface area contributed by atoms with Gasteiger partial charge in [0.15, 0.2) is 9.84 Å². The molecule has 22 heavy (non-hydrogen) atoms. The monoisotopic (exact) mass is 370 g/mol. The number of sulfonamides is 1. The summed E-state index contributed by atoms with van der Waals surface area (Å²) in [7, 11) is -7.01. The van der Waals surface area contributed by atoms with E-state index in [-0.39, 0.29) is 47.9 Å². The van der Waals surface area contributed by atoms with Gasteiger partial charge in [0.1, 0.15) is 0 Å². The predicted octanol–water partition coefficient (Wildman–Crippen LogP) is -0.140. The Hall–Kier alpha value is -0.710. The smallest absolute Gasteiger partial charge is 0.243 e. The lowest BCUT2D eigenvalue weighted by Crippen LogP contribution is -2.48. The first-order chi connectivity index (χ1) is 9.75. The van der Waals surface area contributed by atoms with Crippen LogP contribution in [-0.2, 0) is 24.6 Å². The second-order valence-corrected chi connectivity index (χ2v) is 8.79. The summed E-state index contributed by atoms with van der Waals surface area (Å²) >= 11 is 0. The van der Waals surface area contributed by atoms with Crippen LogP contribution in [0.3, 0.4) is 0 Å². The highest BCUT2D eigenvalue weighted by atomic mass is 35.5. The minimum absolute atomic E-state index is 0. The molecule has 1 saturated heterocycles. The Labute approximate surface area is 136 Å². The Balaban J connectivity index is 0.00000242. The van der Waals surface area contributed by atoms with Gasteiger partial charge in [0.05, 0.1) is 22.5 Å². The molecule has 0 amide bonds. The van der Waals surface area contributed by atoms with Crippen LogP contribution in [-0.4, -0.2) is 59.7 Å². The van der Waals surface area contributed by atoms with Crippen LogP contribution in [0, 0.1) is 0 Å². The maximum atomic E-state index is 12.5. The molecule has 0 spiro atoms. The number of hydrogen-bond acceptors (Lipinski definition) is 6. The van der Waals surface area contributed by atoms with Crippen LogP contribution >= 0.6 is 12.4 Å². The lowest BCUT2D eigenvalue weighted by Gasteiger charge is -2.31. The highest BCUT2D eigenvalue weighted by Gasteiger charge is 2.30. The molecule has 1 aliphatic rings. The van der Waals surface area contributed by atoms with E-state index in [0.29, 0.717) is 6.61 Å². The van der Waals surface area contributed by atoms with Crippen molar-refractivity contribution in [3.8, 4) is 0 Å². The topological polar surface area (TPSA) is 107 Å². The minimum Gasteiger partial charge on any atom is -0.374 e. The van der Waals surface area contributed by atoms with E-state index in [1.807, 2.05) is 0 Å². The fourth-order valence-corrected chi connectivity index (χ4v) is 4.15. The second kappa shape index (κ2) is 7.24. The predicted molar refractivity (Wildman–Crippen MR) is 84.4 cm³/mol. The Kier molecular flexibility index (Phi) is 6.36. The normalized spacial score (nSPS) is 20.4. The largest absolute Gasteiger partial charge is 0.374 e. The van der Waals surface area contributed by atoms with Gasteiger partial charge >= 0.3 is 0 Å². The first kappa shape index (κ1) is 19.3. The van der Waals surface area contributed by atoms with Crippen molar-refractivity contribution in [2.75, 3.05) is 32.5 Å². The van der Waals surface area contributed by atoms with Gasteiger partial charge in [-0.2, -0.15) is 4.31 Å². The number of hydrogen-bond donors (Lipinski definition) is 1. The van der Waals surface area contributed by atoms with Crippen molar-refractivity contribution < 1.29 is 21.6 Å².